The standard InChI is InChI=1S/C14H24O/c1-12(2)8-6-10-14(5,15)11-7-9-13(3)4/h6,8-9,15H,1,7,10-11H2,2-5H3/b8-6+/i8D. The minimum Gasteiger partial charge on any atom is -0.390 e. The molecule has 0 rings (SSSR count). The van der Waals surface area contributed by atoms with Gasteiger partial charge >= 0.3 is 0 Å². The normalized spacial score (nSPS) is 16.6. The minimum atomic E-state index is -0.728. The Bertz CT molecular complexity index is 294. The van der Waals surface area contributed by atoms with Gasteiger partial charge < -0.3 is 5.11 Å². The molecule has 86 valence electrons. The van der Waals surface area contributed by atoms with Crippen molar-refractivity contribution in [2.45, 2.75) is 52.6 Å². The second-order valence-electron chi connectivity index (χ2n) is 4.65. The molecule has 0 bridgehead atoms. The number of aliphatic hydroxyl groups is 1. The summed E-state index contributed by atoms with van der Waals surface area (Å²) in [4.78, 5) is 0. The van der Waals surface area contributed by atoms with E-state index in [1.165, 1.54) is 5.57 Å². The predicted octanol–water partition coefficient (Wildman–Crippen LogP) is 4.01. The third kappa shape index (κ3) is 9.48. The molecule has 0 saturated heterocycles. The maximum absolute atomic E-state index is 10.1. The van der Waals surface area contributed by atoms with E-state index in [2.05, 4.69) is 26.5 Å². The summed E-state index contributed by atoms with van der Waals surface area (Å²) < 4.78 is 7.59. The van der Waals surface area contributed by atoms with E-state index in [1.54, 1.807) is 13.0 Å². The highest BCUT2D eigenvalue weighted by atomic mass is 16.3. The van der Waals surface area contributed by atoms with Gasteiger partial charge in [0.2, 0.25) is 0 Å². The highest BCUT2D eigenvalue weighted by Gasteiger charge is 2.16. The Hall–Kier alpha value is -0.820. The summed E-state index contributed by atoms with van der Waals surface area (Å²) >= 11 is 0. The van der Waals surface area contributed by atoms with E-state index in [4.69, 9.17) is 1.37 Å². The third-order valence-electron chi connectivity index (χ3n) is 2.13. The fraction of sp³-hybridized carbons (Fsp3) is 0.571. The van der Waals surface area contributed by atoms with Crippen molar-refractivity contribution in [1.29, 1.82) is 0 Å². The van der Waals surface area contributed by atoms with Gasteiger partial charge in [0, 0.05) is 0 Å². The Morgan fingerprint density at radius 1 is 1.47 bits per heavy atom. The maximum atomic E-state index is 10.1. The summed E-state index contributed by atoms with van der Waals surface area (Å²) in [6.07, 6.45) is 5.97. The zero-order valence-corrected chi connectivity index (χ0v) is 10.4. The van der Waals surface area contributed by atoms with E-state index in [9.17, 15) is 5.11 Å². The number of rotatable bonds is 6. The first-order valence-electron chi connectivity index (χ1n) is 5.93. The fourth-order valence-electron chi connectivity index (χ4n) is 1.22. The van der Waals surface area contributed by atoms with Gasteiger partial charge in [-0.05, 0) is 47.0 Å². The highest BCUT2D eigenvalue weighted by molar-refractivity contribution is 5.11. The molecule has 0 heterocycles. The van der Waals surface area contributed by atoms with E-state index in [1.807, 2.05) is 6.92 Å². The van der Waals surface area contributed by atoms with E-state index in [0.717, 1.165) is 18.4 Å². The van der Waals surface area contributed by atoms with Crippen LogP contribution < -0.4 is 0 Å². The molecule has 0 aliphatic heterocycles. The predicted molar refractivity (Wildman–Crippen MR) is 67.9 cm³/mol. The third-order valence-corrected chi connectivity index (χ3v) is 2.13. The van der Waals surface area contributed by atoms with E-state index in [-0.39, 0.29) is 0 Å². The van der Waals surface area contributed by atoms with Gasteiger partial charge in [0.15, 0.2) is 0 Å². The first kappa shape index (κ1) is 12.3. The van der Waals surface area contributed by atoms with Gasteiger partial charge in [-0.2, -0.15) is 0 Å². The summed E-state index contributed by atoms with van der Waals surface area (Å²) in [5.74, 6) is 0. The summed E-state index contributed by atoms with van der Waals surface area (Å²) in [6, 6.07) is 0.419. The van der Waals surface area contributed by atoms with Crippen LogP contribution in [0.5, 0.6) is 0 Å². The number of allylic oxidation sites excluding steroid dienone is 4. The van der Waals surface area contributed by atoms with Gasteiger partial charge in [-0.25, -0.2) is 0 Å². The van der Waals surface area contributed by atoms with Crippen LogP contribution >= 0.6 is 0 Å². The largest absolute Gasteiger partial charge is 0.390 e. The molecule has 0 aliphatic rings. The van der Waals surface area contributed by atoms with Crippen molar-refractivity contribution in [2.75, 3.05) is 0 Å². The number of hydrogen-bond donors (Lipinski definition) is 1. The van der Waals surface area contributed by atoms with Crippen molar-refractivity contribution in [3.05, 3.63) is 35.9 Å². The van der Waals surface area contributed by atoms with Gasteiger partial charge in [0.05, 0.1) is 6.97 Å². The van der Waals surface area contributed by atoms with Crippen LogP contribution in [0, 0.1) is 0 Å². The van der Waals surface area contributed by atoms with Crippen molar-refractivity contribution in [2.24, 2.45) is 0 Å². The molecule has 0 aliphatic carbocycles. The van der Waals surface area contributed by atoms with E-state index in [0.29, 0.717) is 12.5 Å². The molecule has 0 aromatic heterocycles. The van der Waals surface area contributed by atoms with Crippen LogP contribution in [-0.4, -0.2) is 10.7 Å². The maximum Gasteiger partial charge on any atom is 0.0657 e. The van der Waals surface area contributed by atoms with Crippen LogP contribution in [0.4, 0.5) is 0 Å². The average molecular weight is 209 g/mol. The Kier molecular flexibility index (Phi) is 5.41. The highest BCUT2D eigenvalue weighted by Crippen LogP contribution is 2.18. The van der Waals surface area contributed by atoms with Crippen molar-refractivity contribution in [1.82, 2.24) is 0 Å². The monoisotopic (exact) mass is 209 g/mol. The van der Waals surface area contributed by atoms with E-state index >= 15 is 0 Å². The van der Waals surface area contributed by atoms with Crippen molar-refractivity contribution >= 4 is 0 Å². The lowest BCUT2D eigenvalue weighted by molar-refractivity contribution is 0.0550. The molecular formula is C14H24O. The molecule has 0 radical (unpaired) electrons. The number of hydrogen-bond acceptors (Lipinski definition) is 1. The second kappa shape index (κ2) is 6.62. The Balaban J connectivity index is 4.20. The quantitative estimate of drug-likeness (QED) is 0.517. The molecule has 0 fully saturated rings. The Labute approximate surface area is 95.6 Å². The average Bonchev–Trinajstić information content (AvgIpc) is 2.13. The van der Waals surface area contributed by atoms with Gasteiger partial charge in [-0.1, -0.05) is 35.9 Å². The molecule has 1 N–H and O–H groups in total. The lowest BCUT2D eigenvalue weighted by Crippen LogP contribution is -2.22. The van der Waals surface area contributed by atoms with Crippen LogP contribution in [0.15, 0.2) is 35.9 Å². The zero-order chi connectivity index (χ0) is 12.8. The molecule has 1 nitrogen and oxygen atoms in total. The van der Waals surface area contributed by atoms with Gasteiger partial charge in [-0.15, -0.1) is 0 Å². The molecule has 0 aromatic rings. The van der Waals surface area contributed by atoms with Crippen molar-refractivity contribution in [3.8, 4) is 0 Å². The second-order valence-corrected chi connectivity index (χ2v) is 4.65. The minimum absolute atomic E-state index is 0.419. The Morgan fingerprint density at radius 3 is 2.53 bits per heavy atom. The summed E-state index contributed by atoms with van der Waals surface area (Å²) in [7, 11) is 0. The van der Waals surface area contributed by atoms with Crippen molar-refractivity contribution in [3.63, 3.8) is 0 Å². The van der Waals surface area contributed by atoms with Crippen LogP contribution in [-0.2, 0) is 0 Å². The van der Waals surface area contributed by atoms with Gasteiger partial charge in [-0.3, -0.25) is 0 Å². The van der Waals surface area contributed by atoms with Crippen LogP contribution in [0.1, 0.15) is 48.3 Å². The Morgan fingerprint density at radius 2 is 2.07 bits per heavy atom. The van der Waals surface area contributed by atoms with Crippen LogP contribution in [0.2, 0.25) is 0 Å². The molecule has 15 heavy (non-hydrogen) atoms. The SMILES string of the molecule is [2H]/C(=C\CC(C)(O)CCC=C(C)C)C(=C)C. The van der Waals surface area contributed by atoms with Crippen LogP contribution in [0.25, 0.3) is 0 Å². The smallest absolute Gasteiger partial charge is 0.0657 e. The lowest BCUT2D eigenvalue weighted by atomic mass is 9.95. The summed E-state index contributed by atoms with van der Waals surface area (Å²) in [6.45, 7) is 11.4. The first-order chi connectivity index (χ1) is 7.24. The first-order valence-corrected chi connectivity index (χ1v) is 5.43. The molecule has 1 atom stereocenters. The summed E-state index contributed by atoms with van der Waals surface area (Å²) in [5, 5.41) is 10.1. The lowest BCUT2D eigenvalue weighted by Gasteiger charge is -2.20. The molecule has 0 amide bonds. The van der Waals surface area contributed by atoms with Gasteiger partial charge in [0.1, 0.15) is 0 Å². The van der Waals surface area contributed by atoms with Gasteiger partial charge in [0.25, 0.3) is 0 Å². The fourth-order valence-corrected chi connectivity index (χ4v) is 1.22. The van der Waals surface area contributed by atoms with Crippen LogP contribution in [0.3, 0.4) is 0 Å². The molecule has 1 unspecified atom stereocenters. The molecular weight excluding hydrogens is 184 g/mol. The van der Waals surface area contributed by atoms with E-state index < -0.39 is 5.60 Å². The topological polar surface area (TPSA) is 20.2 Å². The molecule has 0 saturated carbocycles. The van der Waals surface area contributed by atoms with Crippen molar-refractivity contribution < 1.29 is 6.48 Å². The molecule has 1 heteroatoms. The zero-order valence-electron chi connectivity index (χ0n) is 11.4. The summed E-state index contributed by atoms with van der Waals surface area (Å²) in [5.41, 5.74) is 1.28. The molecule has 0 spiro atoms. The molecule has 0 aromatic carbocycles.